The zero-order valence-corrected chi connectivity index (χ0v) is 13.5. The van der Waals surface area contributed by atoms with Crippen molar-refractivity contribution in [3.05, 3.63) is 10.8 Å². The van der Waals surface area contributed by atoms with E-state index in [1.54, 1.807) is 0 Å². The number of ether oxygens (including phenoxy) is 3. The molecule has 1 aromatic rings. The van der Waals surface area contributed by atoms with Gasteiger partial charge in [-0.1, -0.05) is 13.3 Å². The highest BCUT2D eigenvalue weighted by Crippen LogP contribution is 2.35. The molecule has 0 bridgehead atoms. The summed E-state index contributed by atoms with van der Waals surface area (Å²) in [5.41, 5.74) is 0. The maximum atomic E-state index is 11.2. The molecule has 0 amide bonds. The van der Waals surface area contributed by atoms with E-state index in [4.69, 9.17) is 18.8 Å². The SMILES string of the molecule is CCCC(CCOCC1COc2cscc2O1)S(=O)(=O)O. The average Bonchev–Trinajstić information content (AvgIpc) is 2.88. The summed E-state index contributed by atoms with van der Waals surface area (Å²) in [5, 5.41) is 3.00. The standard InChI is InChI=1S/C13H20O6S2/c1-2-3-11(21(14,15)16)4-5-17-6-10-7-18-12-8-20-9-13(12)19-10/h8-11H,2-7H2,1H3,(H,14,15,16). The van der Waals surface area contributed by atoms with Crippen molar-refractivity contribution in [3.8, 4) is 11.5 Å². The van der Waals surface area contributed by atoms with Gasteiger partial charge in [0.1, 0.15) is 6.61 Å². The Hall–Kier alpha value is -0.830. The summed E-state index contributed by atoms with van der Waals surface area (Å²) in [4.78, 5) is 0. The van der Waals surface area contributed by atoms with Gasteiger partial charge >= 0.3 is 0 Å². The van der Waals surface area contributed by atoms with Gasteiger partial charge in [0.15, 0.2) is 17.6 Å². The first-order valence-corrected chi connectivity index (χ1v) is 9.35. The third kappa shape index (κ3) is 4.84. The molecule has 0 spiro atoms. The molecule has 120 valence electrons. The summed E-state index contributed by atoms with van der Waals surface area (Å²) in [6.45, 7) is 2.89. The Kier molecular flexibility index (Phi) is 5.86. The Morgan fingerprint density at radius 2 is 2.19 bits per heavy atom. The van der Waals surface area contributed by atoms with E-state index in [-0.39, 0.29) is 19.1 Å². The molecule has 0 aromatic carbocycles. The minimum atomic E-state index is -4.00. The zero-order valence-electron chi connectivity index (χ0n) is 11.9. The fourth-order valence-corrected chi connectivity index (χ4v) is 3.74. The van der Waals surface area contributed by atoms with E-state index in [0.29, 0.717) is 26.1 Å². The first kappa shape index (κ1) is 16.5. The number of thiophene rings is 1. The van der Waals surface area contributed by atoms with Crippen LogP contribution in [0.3, 0.4) is 0 Å². The topological polar surface area (TPSA) is 82.1 Å². The van der Waals surface area contributed by atoms with E-state index >= 15 is 0 Å². The van der Waals surface area contributed by atoms with Crippen LogP contribution in [0.2, 0.25) is 0 Å². The van der Waals surface area contributed by atoms with Crippen LogP contribution in [0.15, 0.2) is 10.8 Å². The predicted molar refractivity (Wildman–Crippen MR) is 79.9 cm³/mol. The molecule has 0 saturated heterocycles. The Balaban J connectivity index is 1.70. The van der Waals surface area contributed by atoms with Gasteiger partial charge in [-0.3, -0.25) is 4.55 Å². The van der Waals surface area contributed by atoms with Crippen molar-refractivity contribution in [2.45, 2.75) is 37.5 Å². The maximum Gasteiger partial charge on any atom is 0.267 e. The first-order valence-electron chi connectivity index (χ1n) is 6.90. The van der Waals surface area contributed by atoms with Crippen LogP contribution in [-0.2, 0) is 14.9 Å². The lowest BCUT2D eigenvalue weighted by Gasteiger charge is -2.24. The minimum absolute atomic E-state index is 0.192. The van der Waals surface area contributed by atoms with Gasteiger partial charge in [-0.25, -0.2) is 0 Å². The first-order chi connectivity index (χ1) is 10.0. The molecule has 1 aliphatic heterocycles. The summed E-state index contributed by atoms with van der Waals surface area (Å²) in [6.07, 6.45) is 1.22. The molecule has 8 heteroatoms. The van der Waals surface area contributed by atoms with Gasteiger partial charge in [-0.15, -0.1) is 11.3 Å². The lowest BCUT2D eigenvalue weighted by molar-refractivity contribution is 0.00851. The fraction of sp³-hybridized carbons (Fsp3) is 0.692. The van der Waals surface area contributed by atoms with Crippen LogP contribution in [0.5, 0.6) is 11.5 Å². The van der Waals surface area contributed by atoms with Crippen molar-refractivity contribution in [2.24, 2.45) is 0 Å². The second-order valence-corrected chi connectivity index (χ2v) is 7.38. The van der Waals surface area contributed by atoms with Crippen molar-refractivity contribution in [1.29, 1.82) is 0 Å². The molecule has 0 aliphatic carbocycles. The van der Waals surface area contributed by atoms with E-state index in [1.807, 2.05) is 17.7 Å². The van der Waals surface area contributed by atoms with Crippen LogP contribution >= 0.6 is 11.3 Å². The predicted octanol–water partition coefficient (Wildman–Crippen LogP) is 2.35. The van der Waals surface area contributed by atoms with Crippen molar-refractivity contribution in [1.82, 2.24) is 0 Å². The van der Waals surface area contributed by atoms with Gasteiger partial charge in [0.25, 0.3) is 10.1 Å². The second-order valence-electron chi connectivity index (χ2n) is 4.94. The van der Waals surface area contributed by atoms with Crippen molar-refractivity contribution < 1.29 is 27.2 Å². The Bertz CT molecular complexity index is 539. The maximum absolute atomic E-state index is 11.2. The lowest BCUT2D eigenvalue weighted by atomic mass is 10.2. The number of hydrogen-bond donors (Lipinski definition) is 1. The smallest absolute Gasteiger partial charge is 0.267 e. The molecule has 1 aromatic heterocycles. The van der Waals surface area contributed by atoms with E-state index < -0.39 is 15.4 Å². The largest absolute Gasteiger partial charge is 0.485 e. The van der Waals surface area contributed by atoms with Gasteiger partial charge in [0, 0.05) is 17.4 Å². The monoisotopic (exact) mass is 336 g/mol. The molecule has 2 rings (SSSR count). The fourth-order valence-electron chi connectivity index (χ4n) is 2.14. The highest BCUT2D eigenvalue weighted by molar-refractivity contribution is 7.86. The van der Waals surface area contributed by atoms with E-state index in [0.717, 1.165) is 11.5 Å². The van der Waals surface area contributed by atoms with Gasteiger partial charge in [0.2, 0.25) is 0 Å². The van der Waals surface area contributed by atoms with E-state index in [2.05, 4.69) is 0 Å². The van der Waals surface area contributed by atoms with Gasteiger partial charge in [-0.2, -0.15) is 8.42 Å². The average molecular weight is 336 g/mol. The van der Waals surface area contributed by atoms with Gasteiger partial charge < -0.3 is 14.2 Å². The molecule has 0 radical (unpaired) electrons. The molecule has 0 fully saturated rings. The van der Waals surface area contributed by atoms with Crippen LogP contribution in [0.4, 0.5) is 0 Å². The second kappa shape index (κ2) is 7.44. The highest BCUT2D eigenvalue weighted by Gasteiger charge is 2.24. The summed E-state index contributed by atoms with van der Waals surface area (Å²) in [6, 6.07) is 0. The quantitative estimate of drug-likeness (QED) is 0.580. The van der Waals surface area contributed by atoms with Crippen molar-refractivity contribution in [3.63, 3.8) is 0 Å². The van der Waals surface area contributed by atoms with E-state index in [9.17, 15) is 8.42 Å². The van der Waals surface area contributed by atoms with Crippen molar-refractivity contribution >= 4 is 21.5 Å². The number of hydrogen-bond acceptors (Lipinski definition) is 6. The molecule has 2 atom stereocenters. The number of fused-ring (bicyclic) bond motifs is 1. The van der Waals surface area contributed by atoms with Crippen LogP contribution in [0.25, 0.3) is 0 Å². The van der Waals surface area contributed by atoms with Crippen LogP contribution in [0, 0.1) is 0 Å². The molecular weight excluding hydrogens is 316 g/mol. The summed E-state index contributed by atoms with van der Waals surface area (Å²) < 4.78 is 48.1. The summed E-state index contributed by atoms with van der Waals surface area (Å²) >= 11 is 1.51. The Morgan fingerprint density at radius 3 is 2.90 bits per heavy atom. The zero-order chi connectivity index (χ0) is 15.3. The molecule has 21 heavy (non-hydrogen) atoms. The Morgan fingerprint density at radius 1 is 1.43 bits per heavy atom. The van der Waals surface area contributed by atoms with E-state index in [1.165, 1.54) is 11.3 Å². The normalized spacial score (nSPS) is 19.4. The highest BCUT2D eigenvalue weighted by atomic mass is 32.2. The van der Waals surface area contributed by atoms with Crippen LogP contribution in [0.1, 0.15) is 26.2 Å². The Labute approximate surface area is 128 Å². The van der Waals surface area contributed by atoms with Crippen molar-refractivity contribution in [2.75, 3.05) is 19.8 Å². The van der Waals surface area contributed by atoms with Gasteiger partial charge in [0.05, 0.1) is 11.9 Å². The summed E-state index contributed by atoms with van der Waals surface area (Å²) in [7, 11) is -4.00. The third-order valence-electron chi connectivity index (χ3n) is 3.23. The molecule has 0 saturated carbocycles. The van der Waals surface area contributed by atoms with Crippen LogP contribution in [-0.4, -0.2) is 44.1 Å². The number of rotatable bonds is 8. The van der Waals surface area contributed by atoms with Gasteiger partial charge in [-0.05, 0) is 12.8 Å². The molecule has 2 heterocycles. The summed E-state index contributed by atoms with van der Waals surface area (Å²) in [5.74, 6) is 1.48. The molecule has 1 N–H and O–H groups in total. The van der Waals surface area contributed by atoms with Crippen LogP contribution < -0.4 is 9.47 Å². The molecule has 2 unspecified atom stereocenters. The molecule has 1 aliphatic rings. The minimum Gasteiger partial charge on any atom is -0.485 e. The third-order valence-corrected chi connectivity index (χ3v) is 5.25. The molecular formula is C13H20O6S2. The lowest BCUT2D eigenvalue weighted by Crippen LogP contribution is -2.33. The molecule has 6 nitrogen and oxygen atoms in total.